The third-order valence-electron chi connectivity index (χ3n) is 3.46. The zero-order valence-corrected chi connectivity index (χ0v) is 12.4. The number of aromatic nitrogens is 1. The molecule has 2 heterocycles. The Morgan fingerprint density at radius 1 is 1.21 bits per heavy atom. The lowest BCUT2D eigenvalue weighted by molar-refractivity contribution is 0.413. The Morgan fingerprint density at radius 3 is 2.84 bits per heavy atom. The van der Waals surface area contributed by atoms with Crippen LogP contribution in [0.1, 0.15) is 11.1 Å². The van der Waals surface area contributed by atoms with E-state index in [1.165, 1.54) is 11.1 Å². The van der Waals surface area contributed by atoms with Gasteiger partial charge in [0.1, 0.15) is 11.6 Å². The largest absolute Gasteiger partial charge is 0.497 e. The minimum Gasteiger partial charge on any atom is -0.497 e. The molecule has 4 heteroatoms. The van der Waals surface area contributed by atoms with Crippen LogP contribution in [-0.2, 0) is 13.0 Å². The summed E-state index contributed by atoms with van der Waals surface area (Å²) in [7, 11) is 1.71. The van der Waals surface area contributed by atoms with Gasteiger partial charge in [-0.25, -0.2) is 4.98 Å². The summed E-state index contributed by atoms with van der Waals surface area (Å²) in [4.78, 5) is 6.77. The van der Waals surface area contributed by atoms with E-state index in [1.54, 1.807) is 7.11 Å². The molecule has 0 bridgehead atoms. The summed E-state index contributed by atoms with van der Waals surface area (Å²) >= 11 is 3.42. The predicted octanol–water partition coefficient (Wildman–Crippen LogP) is 3.42. The van der Waals surface area contributed by atoms with E-state index < -0.39 is 0 Å². The maximum atomic E-state index is 5.30. The van der Waals surface area contributed by atoms with E-state index in [0.717, 1.165) is 35.6 Å². The van der Waals surface area contributed by atoms with Crippen molar-refractivity contribution in [2.75, 3.05) is 18.6 Å². The SMILES string of the molecule is COc1ccc2c(c1)CN(c1ccc(Br)cn1)CC2. The molecule has 0 unspecified atom stereocenters. The Balaban J connectivity index is 1.86. The number of ether oxygens (including phenoxy) is 1. The van der Waals surface area contributed by atoms with Crippen molar-refractivity contribution in [3.05, 3.63) is 52.1 Å². The Labute approximate surface area is 121 Å². The number of nitrogens with zero attached hydrogens (tertiary/aromatic N) is 2. The summed E-state index contributed by atoms with van der Waals surface area (Å²) in [5.41, 5.74) is 2.74. The summed E-state index contributed by atoms with van der Waals surface area (Å²) < 4.78 is 6.31. The molecule has 98 valence electrons. The molecule has 1 aromatic carbocycles. The Hall–Kier alpha value is -1.55. The molecule has 19 heavy (non-hydrogen) atoms. The van der Waals surface area contributed by atoms with Gasteiger partial charge in [0.25, 0.3) is 0 Å². The highest BCUT2D eigenvalue weighted by Gasteiger charge is 2.17. The van der Waals surface area contributed by atoms with Crippen molar-refractivity contribution < 1.29 is 4.74 Å². The van der Waals surface area contributed by atoms with Gasteiger partial charge in [0.2, 0.25) is 0 Å². The van der Waals surface area contributed by atoms with E-state index in [9.17, 15) is 0 Å². The number of hydrogen-bond acceptors (Lipinski definition) is 3. The van der Waals surface area contributed by atoms with Crippen LogP contribution in [0.2, 0.25) is 0 Å². The lowest BCUT2D eigenvalue weighted by atomic mass is 9.99. The van der Waals surface area contributed by atoms with E-state index in [1.807, 2.05) is 18.3 Å². The molecule has 0 amide bonds. The number of rotatable bonds is 2. The van der Waals surface area contributed by atoms with Crippen LogP contribution < -0.4 is 9.64 Å². The third kappa shape index (κ3) is 2.59. The first-order valence-electron chi connectivity index (χ1n) is 6.28. The van der Waals surface area contributed by atoms with Crippen molar-refractivity contribution >= 4 is 21.7 Å². The zero-order chi connectivity index (χ0) is 13.2. The fourth-order valence-corrected chi connectivity index (χ4v) is 2.65. The van der Waals surface area contributed by atoms with Crippen LogP contribution in [0.3, 0.4) is 0 Å². The first-order valence-corrected chi connectivity index (χ1v) is 7.08. The topological polar surface area (TPSA) is 25.4 Å². The highest BCUT2D eigenvalue weighted by atomic mass is 79.9. The molecule has 0 spiro atoms. The standard InChI is InChI=1S/C15H15BrN2O/c1-19-14-4-2-11-6-7-18(10-12(11)8-14)15-5-3-13(16)9-17-15/h2-5,8-9H,6-7,10H2,1H3. The molecule has 0 aliphatic carbocycles. The smallest absolute Gasteiger partial charge is 0.128 e. The molecule has 0 saturated heterocycles. The van der Waals surface area contributed by atoms with Crippen LogP contribution in [-0.4, -0.2) is 18.6 Å². The van der Waals surface area contributed by atoms with E-state index in [2.05, 4.69) is 44.0 Å². The summed E-state index contributed by atoms with van der Waals surface area (Å²) in [5, 5.41) is 0. The van der Waals surface area contributed by atoms with Crippen molar-refractivity contribution in [3.63, 3.8) is 0 Å². The number of hydrogen-bond donors (Lipinski definition) is 0. The Kier molecular flexibility index (Phi) is 3.42. The van der Waals surface area contributed by atoms with Crippen LogP contribution in [0.25, 0.3) is 0 Å². The monoisotopic (exact) mass is 318 g/mol. The number of fused-ring (bicyclic) bond motifs is 1. The minimum atomic E-state index is 0.890. The maximum Gasteiger partial charge on any atom is 0.128 e. The molecule has 0 saturated carbocycles. The maximum absolute atomic E-state index is 5.30. The number of halogens is 1. The van der Waals surface area contributed by atoms with Gasteiger partial charge in [-0.05, 0) is 57.7 Å². The van der Waals surface area contributed by atoms with Gasteiger partial charge < -0.3 is 9.64 Å². The second-order valence-electron chi connectivity index (χ2n) is 4.64. The van der Waals surface area contributed by atoms with Gasteiger partial charge >= 0.3 is 0 Å². The van der Waals surface area contributed by atoms with Crippen LogP contribution >= 0.6 is 15.9 Å². The van der Waals surface area contributed by atoms with E-state index in [0.29, 0.717) is 0 Å². The highest BCUT2D eigenvalue weighted by molar-refractivity contribution is 9.10. The number of methoxy groups -OCH3 is 1. The van der Waals surface area contributed by atoms with E-state index >= 15 is 0 Å². The third-order valence-corrected chi connectivity index (χ3v) is 3.93. The lowest BCUT2D eigenvalue weighted by Gasteiger charge is -2.30. The van der Waals surface area contributed by atoms with Gasteiger partial charge in [0, 0.05) is 23.8 Å². The molecular weight excluding hydrogens is 304 g/mol. The molecule has 1 aliphatic heterocycles. The number of benzene rings is 1. The molecule has 0 atom stereocenters. The van der Waals surface area contributed by atoms with Crippen LogP contribution in [0.15, 0.2) is 41.0 Å². The Morgan fingerprint density at radius 2 is 2.11 bits per heavy atom. The number of anilines is 1. The average Bonchev–Trinajstić information content (AvgIpc) is 2.47. The number of pyridine rings is 1. The molecule has 1 aliphatic rings. The second kappa shape index (κ2) is 5.21. The average molecular weight is 319 g/mol. The Bertz CT molecular complexity index is 583. The quantitative estimate of drug-likeness (QED) is 0.848. The summed E-state index contributed by atoms with van der Waals surface area (Å²) in [6.07, 6.45) is 2.90. The van der Waals surface area contributed by atoms with Crippen LogP contribution in [0, 0.1) is 0 Å². The van der Waals surface area contributed by atoms with Crippen molar-refractivity contribution in [1.82, 2.24) is 4.98 Å². The van der Waals surface area contributed by atoms with E-state index in [4.69, 9.17) is 4.74 Å². The van der Waals surface area contributed by atoms with Crippen molar-refractivity contribution in [2.45, 2.75) is 13.0 Å². The summed E-state index contributed by atoms with van der Waals surface area (Å²) in [6, 6.07) is 10.4. The minimum absolute atomic E-state index is 0.890. The van der Waals surface area contributed by atoms with Crippen LogP contribution in [0.5, 0.6) is 5.75 Å². The van der Waals surface area contributed by atoms with Crippen LogP contribution in [0.4, 0.5) is 5.82 Å². The molecular formula is C15H15BrN2O. The van der Waals surface area contributed by atoms with Gasteiger partial charge in [-0.15, -0.1) is 0 Å². The molecule has 2 aromatic rings. The molecule has 3 rings (SSSR count). The van der Waals surface area contributed by atoms with Gasteiger partial charge in [-0.1, -0.05) is 6.07 Å². The first-order chi connectivity index (χ1) is 9.26. The van der Waals surface area contributed by atoms with Crippen molar-refractivity contribution in [1.29, 1.82) is 0 Å². The van der Waals surface area contributed by atoms with Crippen molar-refractivity contribution in [3.8, 4) is 5.75 Å². The normalized spacial score (nSPS) is 14.1. The predicted molar refractivity (Wildman–Crippen MR) is 79.7 cm³/mol. The molecule has 0 N–H and O–H groups in total. The molecule has 3 nitrogen and oxygen atoms in total. The molecule has 1 aromatic heterocycles. The molecule has 0 fully saturated rings. The summed E-state index contributed by atoms with van der Waals surface area (Å²) in [5.74, 6) is 1.95. The van der Waals surface area contributed by atoms with Gasteiger partial charge in [0.05, 0.1) is 7.11 Å². The van der Waals surface area contributed by atoms with Gasteiger partial charge in [0.15, 0.2) is 0 Å². The van der Waals surface area contributed by atoms with Gasteiger partial charge in [-0.2, -0.15) is 0 Å². The zero-order valence-electron chi connectivity index (χ0n) is 10.8. The fourth-order valence-electron chi connectivity index (χ4n) is 2.41. The van der Waals surface area contributed by atoms with E-state index in [-0.39, 0.29) is 0 Å². The van der Waals surface area contributed by atoms with Gasteiger partial charge in [-0.3, -0.25) is 0 Å². The summed E-state index contributed by atoms with van der Waals surface area (Å²) in [6.45, 7) is 1.90. The van der Waals surface area contributed by atoms with Crippen molar-refractivity contribution in [2.24, 2.45) is 0 Å². The second-order valence-corrected chi connectivity index (χ2v) is 5.56. The lowest BCUT2D eigenvalue weighted by Crippen LogP contribution is -2.30. The fraction of sp³-hybridized carbons (Fsp3) is 0.267. The first kappa shape index (κ1) is 12.5. The molecule has 0 radical (unpaired) electrons. The highest BCUT2D eigenvalue weighted by Crippen LogP contribution is 2.26.